The fourth-order valence-corrected chi connectivity index (χ4v) is 2.38. The van der Waals surface area contributed by atoms with Crippen molar-refractivity contribution in [2.45, 2.75) is 6.18 Å². The standard InChI is InChI=1S/C19H13F3N2O/c20-19(21,22)14-5-1-4-13(12-14)9-10-18(25)24-17-8-2-7-16-15(17)6-3-11-23-16/h1-12H,(H,24,25)/b10-9+. The van der Waals surface area contributed by atoms with Gasteiger partial charge in [0.05, 0.1) is 16.8 Å². The van der Waals surface area contributed by atoms with E-state index in [4.69, 9.17) is 0 Å². The van der Waals surface area contributed by atoms with E-state index in [-0.39, 0.29) is 0 Å². The van der Waals surface area contributed by atoms with Crippen LogP contribution in [-0.2, 0) is 11.0 Å². The second kappa shape index (κ2) is 6.76. The zero-order valence-corrected chi connectivity index (χ0v) is 12.9. The van der Waals surface area contributed by atoms with Gasteiger partial charge in [-0.2, -0.15) is 13.2 Å². The van der Waals surface area contributed by atoms with Gasteiger partial charge in [-0.25, -0.2) is 0 Å². The highest BCUT2D eigenvalue weighted by Gasteiger charge is 2.30. The van der Waals surface area contributed by atoms with Crippen LogP contribution in [0.1, 0.15) is 11.1 Å². The minimum absolute atomic E-state index is 0.296. The van der Waals surface area contributed by atoms with Crippen LogP contribution in [0.3, 0.4) is 0 Å². The predicted molar refractivity (Wildman–Crippen MR) is 90.9 cm³/mol. The molecule has 0 fully saturated rings. The average Bonchev–Trinajstić information content (AvgIpc) is 2.60. The molecule has 0 aliphatic rings. The molecule has 1 aromatic heterocycles. The molecule has 0 radical (unpaired) electrons. The molecule has 2 aromatic carbocycles. The summed E-state index contributed by atoms with van der Waals surface area (Å²) in [7, 11) is 0. The molecule has 0 saturated carbocycles. The van der Waals surface area contributed by atoms with Crippen molar-refractivity contribution in [3.05, 3.63) is 78.0 Å². The largest absolute Gasteiger partial charge is 0.416 e. The van der Waals surface area contributed by atoms with E-state index in [1.807, 2.05) is 12.1 Å². The predicted octanol–water partition coefficient (Wildman–Crippen LogP) is 4.91. The molecular formula is C19H13F3N2O. The van der Waals surface area contributed by atoms with Crippen LogP contribution in [0.5, 0.6) is 0 Å². The van der Waals surface area contributed by atoms with Gasteiger partial charge in [-0.05, 0) is 48.0 Å². The lowest BCUT2D eigenvalue weighted by molar-refractivity contribution is -0.137. The molecule has 25 heavy (non-hydrogen) atoms. The number of pyridine rings is 1. The molecule has 3 nitrogen and oxygen atoms in total. The van der Waals surface area contributed by atoms with Crippen LogP contribution in [0.4, 0.5) is 18.9 Å². The maximum absolute atomic E-state index is 12.7. The van der Waals surface area contributed by atoms with E-state index in [2.05, 4.69) is 10.3 Å². The Labute approximate surface area is 141 Å². The Kier molecular flexibility index (Phi) is 4.52. The SMILES string of the molecule is O=C(/C=C/c1cccc(C(F)(F)F)c1)Nc1cccc2ncccc12. The van der Waals surface area contributed by atoms with Gasteiger partial charge in [-0.3, -0.25) is 9.78 Å². The van der Waals surface area contributed by atoms with Crippen LogP contribution in [0.25, 0.3) is 17.0 Å². The maximum Gasteiger partial charge on any atom is 0.416 e. The van der Waals surface area contributed by atoms with E-state index in [1.165, 1.54) is 24.3 Å². The summed E-state index contributed by atoms with van der Waals surface area (Å²) >= 11 is 0. The molecule has 0 unspecified atom stereocenters. The second-order valence-electron chi connectivity index (χ2n) is 5.32. The van der Waals surface area contributed by atoms with E-state index in [0.29, 0.717) is 11.3 Å². The Hall–Kier alpha value is -3.15. The van der Waals surface area contributed by atoms with Crippen molar-refractivity contribution in [1.29, 1.82) is 0 Å². The van der Waals surface area contributed by atoms with Crippen LogP contribution >= 0.6 is 0 Å². The first kappa shape index (κ1) is 16.7. The number of fused-ring (bicyclic) bond motifs is 1. The number of hydrogen-bond acceptors (Lipinski definition) is 2. The number of benzene rings is 2. The molecule has 6 heteroatoms. The Morgan fingerprint density at radius 3 is 2.64 bits per heavy atom. The van der Waals surface area contributed by atoms with Crippen LogP contribution in [-0.4, -0.2) is 10.9 Å². The molecule has 0 spiro atoms. The van der Waals surface area contributed by atoms with Crippen molar-refractivity contribution < 1.29 is 18.0 Å². The molecule has 0 bridgehead atoms. The van der Waals surface area contributed by atoms with Crippen molar-refractivity contribution in [1.82, 2.24) is 4.98 Å². The number of carbonyl (C=O) groups excluding carboxylic acids is 1. The zero-order chi connectivity index (χ0) is 17.9. The second-order valence-corrected chi connectivity index (χ2v) is 5.32. The molecular weight excluding hydrogens is 329 g/mol. The number of amides is 1. The number of rotatable bonds is 3. The third kappa shape index (κ3) is 4.03. The first-order valence-electron chi connectivity index (χ1n) is 7.43. The summed E-state index contributed by atoms with van der Waals surface area (Å²) in [5.41, 5.74) is 0.867. The highest BCUT2D eigenvalue weighted by Crippen LogP contribution is 2.29. The fourth-order valence-electron chi connectivity index (χ4n) is 2.38. The molecule has 1 N–H and O–H groups in total. The van der Waals surface area contributed by atoms with Gasteiger partial charge in [0.15, 0.2) is 0 Å². The summed E-state index contributed by atoms with van der Waals surface area (Å²) in [5, 5.41) is 3.50. The lowest BCUT2D eigenvalue weighted by Crippen LogP contribution is -2.08. The zero-order valence-electron chi connectivity index (χ0n) is 12.9. The van der Waals surface area contributed by atoms with Crippen molar-refractivity contribution in [3.8, 4) is 0 Å². The minimum atomic E-state index is -4.41. The summed E-state index contributed by atoms with van der Waals surface area (Å²) < 4.78 is 38.1. The highest BCUT2D eigenvalue weighted by molar-refractivity contribution is 6.06. The van der Waals surface area contributed by atoms with Gasteiger partial charge < -0.3 is 5.32 Å². The van der Waals surface area contributed by atoms with E-state index in [0.717, 1.165) is 23.0 Å². The monoisotopic (exact) mass is 342 g/mol. The quantitative estimate of drug-likeness (QED) is 0.688. The molecule has 0 aliphatic heterocycles. The first-order chi connectivity index (χ1) is 11.9. The summed E-state index contributed by atoms with van der Waals surface area (Å²) in [4.78, 5) is 16.3. The smallest absolute Gasteiger partial charge is 0.322 e. The van der Waals surface area contributed by atoms with Crippen LogP contribution in [0.15, 0.2) is 66.9 Å². The summed E-state index contributed by atoms with van der Waals surface area (Å²) in [5.74, 6) is -0.436. The van der Waals surface area contributed by atoms with Gasteiger partial charge >= 0.3 is 6.18 Å². The van der Waals surface area contributed by atoms with E-state index in [9.17, 15) is 18.0 Å². The first-order valence-corrected chi connectivity index (χ1v) is 7.43. The molecule has 0 aliphatic carbocycles. The van der Waals surface area contributed by atoms with Crippen molar-refractivity contribution in [2.75, 3.05) is 5.32 Å². The fraction of sp³-hybridized carbons (Fsp3) is 0.0526. The number of halogens is 3. The maximum atomic E-state index is 12.7. The number of hydrogen-bond donors (Lipinski definition) is 1. The number of alkyl halides is 3. The summed E-state index contributed by atoms with van der Waals surface area (Å²) in [6, 6.07) is 13.7. The van der Waals surface area contributed by atoms with Crippen molar-refractivity contribution in [2.24, 2.45) is 0 Å². The minimum Gasteiger partial charge on any atom is -0.322 e. The molecule has 3 rings (SSSR count). The topological polar surface area (TPSA) is 42.0 Å². The molecule has 126 valence electrons. The molecule has 3 aromatic rings. The van der Waals surface area contributed by atoms with E-state index < -0.39 is 17.6 Å². The highest BCUT2D eigenvalue weighted by atomic mass is 19.4. The average molecular weight is 342 g/mol. The Balaban J connectivity index is 1.77. The molecule has 0 saturated heterocycles. The summed E-state index contributed by atoms with van der Waals surface area (Å²) in [6.45, 7) is 0. The number of nitrogens with one attached hydrogen (secondary N) is 1. The summed E-state index contributed by atoms with van der Waals surface area (Å²) in [6.07, 6.45) is -0.220. The lowest BCUT2D eigenvalue weighted by Gasteiger charge is -2.07. The number of nitrogens with zero attached hydrogens (tertiary/aromatic N) is 1. The molecule has 1 heterocycles. The van der Waals surface area contributed by atoms with Gasteiger partial charge in [0, 0.05) is 17.7 Å². The molecule has 1 amide bonds. The number of anilines is 1. The van der Waals surface area contributed by atoms with Crippen LogP contribution < -0.4 is 5.32 Å². The van der Waals surface area contributed by atoms with Gasteiger partial charge in [0.25, 0.3) is 0 Å². The third-order valence-corrected chi connectivity index (χ3v) is 3.54. The van der Waals surface area contributed by atoms with E-state index in [1.54, 1.807) is 24.4 Å². The van der Waals surface area contributed by atoms with Gasteiger partial charge in [-0.15, -0.1) is 0 Å². The van der Waals surface area contributed by atoms with Crippen LogP contribution in [0.2, 0.25) is 0 Å². The Bertz CT molecular complexity index is 943. The normalized spacial score (nSPS) is 11.8. The van der Waals surface area contributed by atoms with Gasteiger partial charge in [-0.1, -0.05) is 18.2 Å². The van der Waals surface area contributed by atoms with Crippen molar-refractivity contribution in [3.63, 3.8) is 0 Å². The van der Waals surface area contributed by atoms with Gasteiger partial charge in [0.2, 0.25) is 5.91 Å². The van der Waals surface area contributed by atoms with Crippen molar-refractivity contribution >= 4 is 28.6 Å². The van der Waals surface area contributed by atoms with E-state index >= 15 is 0 Å². The van der Waals surface area contributed by atoms with Gasteiger partial charge in [0.1, 0.15) is 0 Å². The number of carbonyl (C=O) groups is 1. The third-order valence-electron chi connectivity index (χ3n) is 3.54. The number of aromatic nitrogens is 1. The molecule has 0 atom stereocenters. The lowest BCUT2D eigenvalue weighted by atomic mass is 10.1. The Morgan fingerprint density at radius 2 is 1.84 bits per heavy atom. The van der Waals surface area contributed by atoms with Crippen LogP contribution in [0, 0.1) is 0 Å². The Morgan fingerprint density at radius 1 is 1.04 bits per heavy atom.